The van der Waals surface area contributed by atoms with E-state index in [-0.39, 0.29) is 37.3 Å². The van der Waals surface area contributed by atoms with Gasteiger partial charge in [-0.15, -0.1) is 12.4 Å². The summed E-state index contributed by atoms with van der Waals surface area (Å²) in [5, 5.41) is 0. The molecule has 0 spiro atoms. The highest BCUT2D eigenvalue weighted by Crippen LogP contribution is 2.16. The zero-order valence-electron chi connectivity index (χ0n) is 11.6. The Morgan fingerprint density at radius 1 is 1.33 bits per heavy atom. The first-order chi connectivity index (χ1) is 9.58. The van der Waals surface area contributed by atoms with Crippen molar-refractivity contribution in [2.24, 2.45) is 11.5 Å². The van der Waals surface area contributed by atoms with Crippen LogP contribution in [0.2, 0.25) is 0 Å². The summed E-state index contributed by atoms with van der Waals surface area (Å²) >= 11 is 0. The molecular formula is C14H20ClN3O3. The molecule has 1 aliphatic rings. The summed E-state index contributed by atoms with van der Waals surface area (Å²) in [5.74, 6) is -0.634. The number of benzene rings is 1. The van der Waals surface area contributed by atoms with Gasteiger partial charge in [-0.05, 0) is 5.56 Å². The van der Waals surface area contributed by atoms with E-state index >= 15 is 0 Å². The normalized spacial score (nSPS) is 19.5. The Kier molecular flexibility index (Phi) is 6.61. The number of nitrogens with two attached hydrogens (primary N) is 2. The summed E-state index contributed by atoms with van der Waals surface area (Å²) < 4.78 is 5.21. The number of morpholine rings is 1. The molecule has 0 radical (unpaired) electrons. The number of rotatable bonds is 4. The van der Waals surface area contributed by atoms with Crippen molar-refractivity contribution in [3.8, 4) is 0 Å². The van der Waals surface area contributed by atoms with Crippen LogP contribution in [0.4, 0.5) is 0 Å². The summed E-state index contributed by atoms with van der Waals surface area (Å²) in [6, 6.07) is 9.11. The van der Waals surface area contributed by atoms with Gasteiger partial charge in [0.25, 0.3) is 0 Å². The minimum atomic E-state index is -0.722. The minimum Gasteiger partial charge on any atom is -0.367 e. The number of hydrogen-bond acceptors (Lipinski definition) is 4. The van der Waals surface area contributed by atoms with Crippen LogP contribution in [0.25, 0.3) is 0 Å². The number of hydrogen-bond donors (Lipinski definition) is 2. The summed E-state index contributed by atoms with van der Waals surface area (Å²) in [6.07, 6.45) is -0.518. The van der Waals surface area contributed by atoms with Crippen LogP contribution in [0.3, 0.4) is 0 Å². The number of carbonyl (C=O) groups is 2. The van der Waals surface area contributed by atoms with Gasteiger partial charge in [0.15, 0.2) is 6.10 Å². The second kappa shape index (κ2) is 7.97. The second-order valence-corrected chi connectivity index (χ2v) is 4.82. The van der Waals surface area contributed by atoms with Gasteiger partial charge in [-0.3, -0.25) is 9.59 Å². The van der Waals surface area contributed by atoms with Gasteiger partial charge in [0, 0.05) is 19.0 Å². The van der Waals surface area contributed by atoms with E-state index in [9.17, 15) is 9.59 Å². The van der Waals surface area contributed by atoms with Crippen molar-refractivity contribution in [3.05, 3.63) is 35.9 Å². The Morgan fingerprint density at radius 3 is 2.62 bits per heavy atom. The third-order valence-electron chi connectivity index (χ3n) is 3.36. The first-order valence-electron chi connectivity index (χ1n) is 6.57. The van der Waals surface area contributed by atoms with Gasteiger partial charge < -0.3 is 21.1 Å². The lowest BCUT2D eigenvalue weighted by molar-refractivity contribution is -0.145. The predicted molar refractivity (Wildman–Crippen MR) is 80.7 cm³/mol. The largest absolute Gasteiger partial charge is 0.367 e. The van der Waals surface area contributed by atoms with Gasteiger partial charge >= 0.3 is 0 Å². The van der Waals surface area contributed by atoms with Crippen LogP contribution in [-0.2, 0) is 14.3 Å². The van der Waals surface area contributed by atoms with E-state index < -0.39 is 12.0 Å². The number of ether oxygens (including phenoxy) is 1. The zero-order chi connectivity index (χ0) is 14.5. The highest BCUT2D eigenvalue weighted by molar-refractivity contribution is 5.85. The van der Waals surface area contributed by atoms with Crippen LogP contribution in [-0.4, -0.2) is 42.5 Å². The molecule has 4 N–H and O–H groups in total. The number of halogens is 1. The molecule has 1 heterocycles. The zero-order valence-corrected chi connectivity index (χ0v) is 12.4. The lowest BCUT2D eigenvalue weighted by Gasteiger charge is -2.32. The molecule has 1 aromatic carbocycles. The fourth-order valence-electron chi connectivity index (χ4n) is 2.18. The van der Waals surface area contributed by atoms with Crippen molar-refractivity contribution >= 4 is 24.2 Å². The Balaban J connectivity index is 0.00000220. The molecule has 116 valence electrons. The SMILES string of the molecule is Cl.NC(=O)C1CN(C(=O)CC(N)c2ccccc2)CCO1. The van der Waals surface area contributed by atoms with E-state index in [2.05, 4.69) is 0 Å². The molecule has 2 atom stereocenters. The maximum absolute atomic E-state index is 12.2. The van der Waals surface area contributed by atoms with Crippen molar-refractivity contribution in [1.29, 1.82) is 0 Å². The quantitative estimate of drug-likeness (QED) is 0.830. The number of carbonyl (C=O) groups excluding carboxylic acids is 2. The fourth-order valence-corrected chi connectivity index (χ4v) is 2.18. The van der Waals surface area contributed by atoms with Crippen LogP contribution in [0.5, 0.6) is 0 Å². The average Bonchev–Trinajstić information content (AvgIpc) is 2.48. The average molecular weight is 314 g/mol. The summed E-state index contributed by atoms with van der Waals surface area (Å²) in [7, 11) is 0. The Bertz CT molecular complexity index is 484. The molecule has 0 saturated carbocycles. The van der Waals surface area contributed by atoms with Crippen molar-refractivity contribution in [3.63, 3.8) is 0 Å². The Morgan fingerprint density at radius 2 is 2.00 bits per heavy atom. The molecule has 0 bridgehead atoms. The third-order valence-corrected chi connectivity index (χ3v) is 3.36. The van der Waals surface area contributed by atoms with Crippen LogP contribution >= 0.6 is 12.4 Å². The summed E-state index contributed by atoms with van der Waals surface area (Å²) in [5.41, 5.74) is 12.1. The summed E-state index contributed by atoms with van der Waals surface area (Å²) in [6.45, 7) is 0.986. The van der Waals surface area contributed by atoms with E-state index in [4.69, 9.17) is 16.2 Å². The molecule has 1 fully saturated rings. The van der Waals surface area contributed by atoms with Crippen molar-refractivity contribution in [1.82, 2.24) is 4.90 Å². The Hall–Kier alpha value is -1.63. The molecule has 2 amide bonds. The molecule has 2 rings (SSSR count). The first kappa shape index (κ1) is 17.4. The molecule has 6 nitrogen and oxygen atoms in total. The highest BCUT2D eigenvalue weighted by atomic mass is 35.5. The van der Waals surface area contributed by atoms with Gasteiger partial charge in [0.05, 0.1) is 13.2 Å². The standard InChI is InChI=1S/C14H19N3O3.ClH/c15-11(10-4-2-1-3-5-10)8-13(18)17-6-7-20-12(9-17)14(16)19;/h1-5,11-12H,6-9,15H2,(H2,16,19);1H. The third kappa shape index (κ3) is 4.70. The van der Waals surface area contributed by atoms with Crippen LogP contribution in [0.1, 0.15) is 18.0 Å². The second-order valence-electron chi connectivity index (χ2n) is 4.82. The smallest absolute Gasteiger partial charge is 0.248 e. The van der Waals surface area contributed by atoms with E-state index in [1.54, 1.807) is 4.90 Å². The summed E-state index contributed by atoms with van der Waals surface area (Å²) in [4.78, 5) is 24.9. The maximum atomic E-state index is 12.2. The molecule has 0 aliphatic carbocycles. The molecule has 1 aliphatic heterocycles. The van der Waals surface area contributed by atoms with Gasteiger partial charge in [0.1, 0.15) is 0 Å². The lowest BCUT2D eigenvalue weighted by atomic mass is 10.0. The molecule has 1 aromatic rings. The molecular weight excluding hydrogens is 294 g/mol. The van der Waals surface area contributed by atoms with E-state index in [0.717, 1.165) is 5.56 Å². The molecule has 0 aromatic heterocycles. The molecule has 21 heavy (non-hydrogen) atoms. The van der Waals surface area contributed by atoms with E-state index in [1.807, 2.05) is 30.3 Å². The number of primary amides is 1. The molecule has 2 unspecified atom stereocenters. The van der Waals surface area contributed by atoms with Gasteiger partial charge in [-0.25, -0.2) is 0 Å². The molecule has 1 saturated heterocycles. The predicted octanol–water partition coefficient (Wildman–Crippen LogP) is 0.211. The lowest BCUT2D eigenvalue weighted by Crippen LogP contribution is -2.50. The maximum Gasteiger partial charge on any atom is 0.248 e. The van der Waals surface area contributed by atoms with Crippen LogP contribution in [0.15, 0.2) is 30.3 Å². The monoisotopic (exact) mass is 313 g/mol. The van der Waals surface area contributed by atoms with Crippen LogP contribution in [0, 0.1) is 0 Å². The van der Waals surface area contributed by atoms with Crippen LogP contribution < -0.4 is 11.5 Å². The van der Waals surface area contributed by atoms with Crippen molar-refractivity contribution < 1.29 is 14.3 Å². The van der Waals surface area contributed by atoms with E-state index in [1.165, 1.54) is 0 Å². The van der Waals surface area contributed by atoms with Crippen molar-refractivity contribution in [2.45, 2.75) is 18.6 Å². The number of nitrogens with zero attached hydrogens (tertiary/aromatic N) is 1. The first-order valence-corrected chi connectivity index (χ1v) is 6.57. The van der Waals surface area contributed by atoms with Gasteiger partial charge in [0.2, 0.25) is 11.8 Å². The topological polar surface area (TPSA) is 98.7 Å². The van der Waals surface area contributed by atoms with Crippen molar-refractivity contribution in [2.75, 3.05) is 19.7 Å². The van der Waals surface area contributed by atoms with Gasteiger partial charge in [-0.1, -0.05) is 30.3 Å². The minimum absolute atomic E-state index is 0. The number of amides is 2. The van der Waals surface area contributed by atoms with E-state index in [0.29, 0.717) is 13.2 Å². The molecule has 7 heteroatoms. The highest BCUT2D eigenvalue weighted by Gasteiger charge is 2.28. The Labute approximate surface area is 129 Å². The fraction of sp³-hybridized carbons (Fsp3) is 0.429. The van der Waals surface area contributed by atoms with Gasteiger partial charge in [-0.2, -0.15) is 0 Å².